The summed E-state index contributed by atoms with van der Waals surface area (Å²) in [5.41, 5.74) is 1.75. The first-order chi connectivity index (χ1) is 13.9. The summed E-state index contributed by atoms with van der Waals surface area (Å²) in [5, 5.41) is 6.27. The predicted molar refractivity (Wildman–Crippen MR) is 109 cm³/mol. The fourth-order valence-corrected chi connectivity index (χ4v) is 3.91. The zero-order chi connectivity index (χ0) is 20.6. The molecular formula is C20H16N4O4S. The smallest absolute Gasteiger partial charge is 0.272 e. The van der Waals surface area contributed by atoms with Gasteiger partial charge in [0.25, 0.3) is 21.5 Å². The minimum Gasteiger partial charge on any atom is -0.272 e. The molecule has 1 heterocycles. The van der Waals surface area contributed by atoms with Gasteiger partial charge in [0.05, 0.1) is 10.3 Å². The normalized spacial score (nSPS) is 11.6. The molecule has 3 aromatic carbocycles. The molecule has 29 heavy (non-hydrogen) atoms. The monoisotopic (exact) mass is 408 g/mol. The predicted octanol–water partition coefficient (Wildman–Crippen LogP) is 1.71. The van der Waals surface area contributed by atoms with Gasteiger partial charge in [-0.05, 0) is 29.0 Å². The summed E-state index contributed by atoms with van der Waals surface area (Å²) in [6.45, 7) is 0. The van der Waals surface area contributed by atoms with Gasteiger partial charge >= 0.3 is 0 Å². The fourth-order valence-electron chi connectivity index (χ4n) is 3.03. The second-order valence-corrected chi connectivity index (χ2v) is 8.07. The molecule has 2 N–H and O–H groups in total. The van der Waals surface area contributed by atoms with Crippen LogP contribution in [0.3, 0.4) is 0 Å². The zero-order valence-corrected chi connectivity index (χ0v) is 16.1. The van der Waals surface area contributed by atoms with Crippen molar-refractivity contribution >= 4 is 37.5 Å². The highest BCUT2D eigenvalue weighted by Crippen LogP contribution is 2.18. The number of fused-ring (bicyclic) bond motifs is 2. The number of aryl methyl sites for hydroxylation is 1. The molecule has 0 aliphatic carbocycles. The summed E-state index contributed by atoms with van der Waals surface area (Å²) in [6, 6.07) is 18.5. The van der Waals surface area contributed by atoms with Crippen LogP contribution in [0, 0.1) is 0 Å². The van der Waals surface area contributed by atoms with Crippen LogP contribution < -0.4 is 15.8 Å². The summed E-state index contributed by atoms with van der Waals surface area (Å²) in [5.74, 6) is -0.777. The van der Waals surface area contributed by atoms with Crippen molar-refractivity contribution in [3.8, 4) is 0 Å². The van der Waals surface area contributed by atoms with Crippen LogP contribution in [0.5, 0.6) is 0 Å². The first kappa shape index (κ1) is 18.8. The number of nitrogens with zero attached hydrogens (tertiary/aromatic N) is 2. The van der Waals surface area contributed by atoms with Gasteiger partial charge < -0.3 is 0 Å². The van der Waals surface area contributed by atoms with E-state index in [4.69, 9.17) is 0 Å². The molecule has 4 aromatic rings. The van der Waals surface area contributed by atoms with Gasteiger partial charge in [0.1, 0.15) is 0 Å². The standard InChI is InChI=1S/C20H16N4O4S/c1-24-20(26)17-9-5-4-8-16(17)18(22-24)19(25)21-23-29(27,28)15-11-10-13-6-2-3-7-14(13)12-15/h2-12,23H,1H3,(H,21,25). The topological polar surface area (TPSA) is 110 Å². The van der Waals surface area contributed by atoms with Crippen LogP contribution in [0.15, 0.2) is 76.4 Å². The van der Waals surface area contributed by atoms with Gasteiger partial charge in [-0.3, -0.25) is 15.0 Å². The Bertz CT molecular complexity index is 1430. The van der Waals surface area contributed by atoms with Gasteiger partial charge in [-0.2, -0.15) is 5.10 Å². The second-order valence-electron chi connectivity index (χ2n) is 6.39. The lowest BCUT2D eigenvalue weighted by Crippen LogP contribution is -2.42. The van der Waals surface area contributed by atoms with Crippen molar-refractivity contribution in [2.45, 2.75) is 4.90 Å². The number of rotatable bonds is 4. The minimum atomic E-state index is -4.00. The summed E-state index contributed by atoms with van der Waals surface area (Å²) in [6.07, 6.45) is 0. The number of nitrogens with one attached hydrogen (secondary N) is 2. The van der Waals surface area contributed by atoms with Crippen molar-refractivity contribution in [2.24, 2.45) is 7.05 Å². The molecule has 9 heteroatoms. The van der Waals surface area contributed by atoms with Crippen molar-refractivity contribution in [1.82, 2.24) is 20.0 Å². The van der Waals surface area contributed by atoms with Gasteiger partial charge in [0, 0.05) is 12.4 Å². The van der Waals surface area contributed by atoms with Crippen LogP contribution >= 0.6 is 0 Å². The van der Waals surface area contributed by atoms with Gasteiger partial charge in [-0.15, -0.1) is 4.83 Å². The Morgan fingerprint density at radius 1 is 0.931 bits per heavy atom. The Morgan fingerprint density at radius 3 is 2.34 bits per heavy atom. The number of sulfonamides is 1. The number of hydrogen-bond acceptors (Lipinski definition) is 5. The number of amides is 1. The molecule has 0 unspecified atom stereocenters. The molecule has 8 nitrogen and oxygen atoms in total. The molecule has 4 rings (SSSR count). The van der Waals surface area contributed by atoms with E-state index in [0.29, 0.717) is 10.8 Å². The highest BCUT2D eigenvalue weighted by molar-refractivity contribution is 7.89. The molecule has 0 fully saturated rings. The largest absolute Gasteiger partial charge is 0.287 e. The van der Waals surface area contributed by atoms with E-state index in [9.17, 15) is 18.0 Å². The van der Waals surface area contributed by atoms with E-state index in [1.54, 1.807) is 36.4 Å². The third-order valence-corrected chi connectivity index (χ3v) is 5.75. The number of aromatic nitrogens is 2. The molecule has 0 bridgehead atoms. The Morgan fingerprint density at radius 2 is 1.59 bits per heavy atom. The Kier molecular flexibility index (Phi) is 4.61. The SMILES string of the molecule is Cn1nc(C(=O)NNS(=O)(=O)c2ccc3ccccc3c2)c2ccccc2c1=O. The van der Waals surface area contributed by atoms with E-state index >= 15 is 0 Å². The van der Waals surface area contributed by atoms with E-state index in [2.05, 4.69) is 15.4 Å². The summed E-state index contributed by atoms with van der Waals surface area (Å²) in [4.78, 5) is 26.9. The van der Waals surface area contributed by atoms with Crippen LogP contribution in [-0.4, -0.2) is 24.1 Å². The van der Waals surface area contributed by atoms with E-state index in [1.165, 1.54) is 19.2 Å². The van der Waals surface area contributed by atoms with Crippen LogP contribution in [-0.2, 0) is 17.1 Å². The molecule has 1 amide bonds. The molecular weight excluding hydrogens is 392 g/mol. The van der Waals surface area contributed by atoms with Crippen molar-refractivity contribution in [1.29, 1.82) is 0 Å². The molecule has 0 saturated carbocycles. The van der Waals surface area contributed by atoms with Gasteiger partial charge in [0.15, 0.2) is 5.69 Å². The first-order valence-corrected chi connectivity index (χ1v) is 10.1. The number of carbonyl (C=O) groups excluding carboxylic acids is 1. The number of carbonyl (C=O) groups is 1. The molecule has 0 spiro atoms. The van der Waals surface area contributed by atoms with Crippen molar-refractivity contribution in [2.75, 3.05) is 0 Å². The maximum Gasteiger partial charge on any atom is 0.287 e. The maximum absolute atomic E-state index is 12.6. The Balaban J connectivity index is 1.63. The lowest BCUT2D eigenvalue weighted by atomic mass is 10.1. The van der Waals surface area contributed by atoms with E-state index in [-0.39, 0.29) is 16.1 Å². The number of hydrazine groups is 1. The van der Waals surface area contributed by atoms with E-state index in [1.807, 2.05) is 18.2 Å². The lowest BCUT2D eigenvalue weighted by Gasteiger charge is -2.11. The Hall–Kier alpha value is -3.56. The van der Waals surface area contributed by atoms with Crippen molar-refractivity contribution in [3.63, 3.8) is 0 Å². The highest BCUT2D eigenvalue weighted by Gasteiger charge is 2.19. The van der Waals surface area contributed by atoms with Crippen LogP contribution in [0.2, 0.25) is 0 Å². The molecule has 0 saturated heterocycles. The number of benzene rings is 3. The van der Waals surface area contributed by atoms with Crippen LogP contribution in [0.4, 0.5) is 0 Å². The third kappa shape index (κ3) is 3.48. The van der Waals surface area contributed by atoms with E-state index < -0.39 is 15.9 Å². The maximum atomic E-state index is 12.6. The molecule has 0 aliphatic heterocycles. The molecule has 0 radical (unpaired) electrons. The van der Waals surface area contributed by atoms with E-state index in [0.717, 1.165) is 15.5 Å². The van der Waals surface area contributed by atoms with Gasteiger partial charge in [-0.1, -0.05) is 48.5 Å². The summed E-state index contributed by atoms with van der Waals surface area (Å²) in [7, 11) is -2.58. The number of hydrogen-bond donors (Lipinski definition) is 2. The summed E-state index contributed by atoms with van der Waals surface area (Å²) < 4.78 is 26.2. The van der Waals surface area contributed by atoms with Crippen molar-refractivity contribution in [3.05, 3.63) is 82.8 Å². The van der Waals surface area contributed by atoms with Gasteiger partial charge in [0.2, 0.25) is 0 Å². The molecule has 0 atom stereocenters. The Labute approximate surface area is 165 Å². The molecule has 0 aliphatic rings. The van der Waals surface area contributed by atoms with Crippen molar-refractivity contribution < 1.29 is 13.2 Å². The average Bonchev–Trinajstić information content (AvgIpc) is 2.74. The lowest BCUT2D eigenvalue weighted by molar-refractivity contribution is 0.0940. The second kappa shape index (κ2) is 7.12. The molecule has 146 valence electrons. The van der Waals surface area contributed by atoms with Crippen LogP contribution in [0.1, 0.15) is 10.5 Å². The minimum absolute atomic E-state index is 0.00905. The quantitative estimate of drug-likeness (QED) is 0.500. The van der Waals surface area contributed by atoms with Crippen LogP contribution in [0.25, 0.3) is 21.5 Å². The third-order valence-electron chi connectivity index (χ3n) is 4.50. The first-order valence-electron chi connectivity index (χ1n) is 8.64. The highest BCUT2D eigenvalue weighted by atomic mass is 32.2. The zero-order valence-electron chi connectivity index (χ0n) is 15.3. The summed E-state index contributed by atoms with van der Waals surface area (Å²) >= 11 is 0. The van der Waals surface area contributed by atoms with Gasteiger partial charge in [-0.25, -0.2) is 13.1 Å². The average molecular weight is 408 g/mol. The molecule has 1 aromatic heterocycles. The fraction of sp³-hybridized carbons (Fsp3) is 0.0500.